The molecule has 1 aliphatic heterocycles. The van der Waals surface area contributed by atoms with E-state index < -0.39 is 18.3 Å². The van der Waals surface area contributed by atoms with Crippen LogP contribution in [0.3, 0.4) is 0 Å². The maximum absolute atomic E-state index is 13.3. The van der Waals surface area contributed by atoms with E-state index in [1.807, 2.05) is 0 Å². The Morgan fingerprint density at radius 1 is 1.58 bits per heavy atom. The summed E-state index contributed by atoms with van der Waals surface area (Å²) >= 11 is 0. The Labute approximate surface area is 109 Å². The zero-order valence-electron chi connectivity index (χ0n) is 10.6. The van der Waals surface area contributed by atoms with Gasteiger partial charge in [-0.3, -0.25) is 4.68 Å². The third kappa shape index (κ3) is 3.09. The number of aromatic nitrogens is 2. The van der Waals surface area contributed by atoms with Crippen molar-refractivity contribution >= 4 is 5.97 Å². The van der Waals surface area contributed by atoms with Gasteiger partial charge in [0.15, 0.2) is 0 Å². The fourth-order valence-corrected chi connectivity index (χ4v) is 2.32. The summed E-state index contributed by atoms with van der Waals surface area (Å²) in [6.07, 6.45) is 2.11. The average Bonchev–Trinajstić information content (AvgIpc) is 2.70. The highest BCUT2D eigenvalue weighted by Gasteiger charge is 2.40. The smallest absolute Gasteiger partial charge is 0.374 e. The lowest BCUT2D eigenvalue weighted by Gasteiger charge is -2.22. The van der Waals surface area contributed by atoms with Gasteiger partial charge in [0, 0.05) is 37.9 Å². The molecule has 5 nitrogen and oxygen atoms in total. The SMILES string of the molecule is Cn1cc(CC(F)(F)C(=O)O)c(C2CCOCC2)n1. The molecule has 19 heavy (non-hydrogen) atoms. The van der Waals surface area contributed by atoms with Crippen LogP contribution in [0.4, 0.5) is 8.78 Å². The quantitative estimate of drug-likeness (QED) is 0.905. The van der Waals surface area contributed by atoms with E-state index in [-0.39, 0.29) is 5.92 Å². The molecule has 7 heteroatoms. The molecule has 0 saturated carbocycles. The first-order valence-electron chi connectivity index (χ1n) is 6.11. The molecule has 1 N–H and O–H groups in total. The highest BCUT2D eigenvalue weighted by atomic mass is 19.3. The summed E-state index contributed by atoms with van der Waals surface area (Å²) in [5, 5.41) is 12.7. The van der Waals surface area contributed by atoms with Crippen LogP contribution in [0.15, 0.2) is 6.20 Å². The summed E-state index contributed by atoms with van der Waals surface area (Å²) in [7, 11) is 1.64. The fraction of sp³-hybridized carbons (Fsp3) is 0.667. The molecule has 1 fully saturated rings. The summed E-state index contributed by atoms with van der Waals surface area (Å²) < 4.78 is 33.3. The highest BCUT2D eigenvalue weighted by molar-refractivity contribution is 5.75. The molecule has 2 heterocycles. The molecule has 2 rings (SSSR count). The monoisotopic (exact) mass is 274 g/mol. The number of hydrogen-bond donors (Lipinski definition) is 1. The van der Waals surface area contributed by atoms with Gasteiger partial charge in [0.1, 0.15) is 0 Å². The van der Waals surface area contributed by atoms with Gasteiger partial charge in [-0.1, -0.05) is 0 Å². The Bertz CT molecular complexity index is 468. The lowest BCUT2D eigenvalue weighted by atomic mass is 9.92. The number of carboxylic acid groups (broad SMARTS) is 1. The summed E-state index contributed by atoms with van der Waals surface area (Å²) in [5.74, 6) is -5.80. The van der Waals surface area contributed by atoms with Crippen LogP contribution in [0.25, 0.3) is 0 Å². The third-order valence-corrected chi connectivity index (χ3v) is 3.27. The van der Waals surface area contributed by atoms with Crippen molar-refractivity contribution in [2.45, 2.75) is 31.1 Å². The van der Waals surface area contributed by atoms with Crippen LogP contribution in [0.5, 0.6) is 0 Å². The largest absolute Gasteiger partial charge is 0.477 e. The average molecular weight is 274 g/mol. The summed E-state index contributed by atoms with van der Waals surface area (Å²) in [6.45, 7) is 1.16. The minimum absolute atomic E-state index is 0.0644. The number of rotatable bonds is 4. The van der Waals surface area contributed by atoms with E-state index in [2.05, 4.69) is 5.10 Å². The Morgan fingerprint density at radius 3 is 2.79 bits per heavy atom. The van der Waals surface area contributed by atoms with Crippen LogP contribution in [0.1, 0.15) is 30.0 Å². The predicted octanol–water partition coefficient (Wildman–Crippen LogP) is 1.58. The minimum Gasteiger partial charge on any atom is -0.477 e. The van der Waals surface area contributed by atoms with Gasteiger partial charge in [-0.05, 0) is 12.8 Å². The molecule has 0 unspecified atom stereocenters. The molecule has 0 aromatic carbocycles. The number of ether oxygens (including phenoxy) is 1. The molecule has 1 saturated heterocycles. The van der Waals surface area contributed by atoms with Crippen molar-refractivity contribution in [3.8, 4) is 0 Å². The van der Waals surface area contributed by atoms with Gasteiger partial charge in [0.05, 0.1) is 12.1 Å². The number of carbonyl (C=O) groups is 1. The molecule has 1 aliphatic rings. The normalized spacial score (nSPS) is 17.6. The first-order chi connectivity index (χ1) is 8.90. The summed E-state index contributed by atoms with van der Waals surface area (Å²) in [5.41, 5.74) is 0.883. The number of aryl methyl sites for hydroxylation is 1. The number of carboxylic acids is 1. The minimum atomic E-state index is -3.76. The molecular formula is C12H16F2N2O3. The van der Waals surface area contributed by atoms with Crippen molar-refractivity contribution in [2.75, 3.05) is 13.2 Å². The molecule has 0 amide bonds. The first kappa shape index (κ1) is 13.9. The molecule has 0 bridgehead atoms. The molecule has 0 aliphatic carbocycles. The molecule has 1 aromatic rings. The second kappa shape index (κ2) is 5.24. The number of nitrogens with zero attached hydrogens (tertiary/aromatic N) is 2. The summed E-state index contributed by atoms with van der Waals surface area (Å²) in [4.78, 5) is 10.5. The van der Waals surface area contributed by atoms with Gasteiger partial charge in [-0.25, -0.2) is 4.79 Å². The van der Waals surface area contributed by atoms with Gasteiger partial charge < -0.3 is 9.84 Å². The van der Waals surface area contributed by atoms with E-state index >= 15 is 0 Å². The van der Waals surface area contributed by atoms with Crippen LogP contribution in [-0.2, 0) is 23.0 Å². The van der Waals surface area contributed by atoms with Crippen molar-refractivity contribution in [2.24, 2.45) is 7.05 Å². The number of aliphatic carboxylic acids is 1. The second-order valence-electron chi connectivity index (χ2n) is 4.79. The first-order valence-corrected chi connectivity index (χ1v) is 6.11. The zero-order valence-corrected chi connectivity index (χ0v) is 10.6. The van der Waals surface area contributed by atoms with E-state index in [1.165, 1.54) is 10.9 Å². The molecule has 0 atom stereocenters. The van der Waals surface area contributed by atoms with Gasteiger partial charge in [0.25, 0.3) is 0 Å². The van der Waals surface area contributed by atoms with Crippen molar-refractivity contribution in [1.29, 1.82) is 0 Å². The Balaban J connectivity index is 2.23. The van der Waals surface area contributed by atoms with Gasteiger partial charge >= 0.3 is 11.9 Å². The Kier molecular flexibility index (Phi) is 3.84. The van der Waals surface area contributed by atoms with Crippen molar-refractivity contribution in [3.63, 3.8) is 0 Å². The molecule has 106 valence electrons. The fourth-order valence-electron chi connectivity index (χ4n) is 2.32. The van der Waals surface area contributed by atoms with Crippen LogP contribution in [-0.4, -0.2) is 40.0 Å². The molecule has 1 aromatic heterocycles. The molecular weight excluding hydrogens is 258 g/mol. The topological polar surface area (TPSA) is 64.4 Å². The van der Waals surface area contributed by atoms with E-state index in [9.17, 15) is 13.6 Å². The van der Waals surface area contributed by atoms with E-state index in [0.717, 1.165) is 12.8 Å². The second-order valence-corrected chi connectivity index (χ2v) is 4.79. The zero-order chi connectivity index (χ0) is 14.0. The maximum atomic E-state index is 13.3. The number of alkyl halides is 2. The predicted molar refractivity (Wildman–Crippen MR) is 62.3 cm³/mol. The van der Waals surface area contributed by atoms with E-state index in [4.69, 9.17) is 9.84 Å². The number of hydrogen-bond acceptors (Lipinski definition) is 3. The van der Waals surface area contributed by atoms with E-state index in [0.29, 0.717) is 24.5 Å². The van der Waals surface area contributed by atoms with Crippen LogP contribution >= 0.6 is 0 Å². The highest BCUT2D eigenvalue weighted by Crippen LogP contribution is 2.31. The van der Waals surface area contributed by atoms with Gasteiger partial charge in [-0.15, -0.1) is 0 Å². The van der Waals surface area contributed by atoms with E-state index in [1.54, 1.807) is 7.05 Å². The maximum Gasteiger partial charge on any atom is 0.374 e. The lowest BCUT2D eigenvalue weighted by molar-refractivity contribution is -0.164. The molecule has 0 spiro atoms. The standard InChI is InChI=1S/C12H16F2N2O3/c1-16-7-9(6-12(13,14)11(17)18)10(15-16)8-2-4-19-5-3-8/h7-8H,2-6H2,1H3,(H,17,18). The number of halogens is 2. The van der Waals surface area contributed by atoms with Crippen LogP contribution in [0.2, 0.25) is 0 Å². The molecule has 0 radical (unpaired) electrons. The van der Waals surface area contributed by atoms with Crippen molar-refractivity contribution in [3.05, 3.63) is 17.5 Å². The Morgan fingerprint density at radius 2 is 2.21 bits per heavy atom. The summed E-state index contributed by atoms with van der Waals surface area (Å²) in [6, 6.07) is 0. The van der Waals surface area contributed by atoms with Crippen molar-refractivity contribution < 1.29 is 23.4 Å². The van der Waals surface area contributed by atoms with Gasteiger partial charge in [-0.2, -0.15) is 13.9 Å². The van der Waals surface area contributed by atoms with Crippen LogP contribution < -0.4 is 0 Å². The lowest BCUT2D eigenvalue weighted by Crippen LogP contribution is -2.31. The Hall–Kier alpha value is -1.50. The van der Waals surface area contributed by atoms with Crippen molar-refractivity contribution in [1.82, 2.24) is 9.78 Å². The van der Waals surface area contributed by atoms with Crippen LogP contribution in [0, 0.1) is 0 Å². The third-order valence-electron chi connectivity index (χ3n) is 3.27. The van der Waals surface area contributed by atoms with Gasteiger partial charge in [0.2, 0.25) is 0 Å².